The molecule has 0 aromatic heterocycles. The normalized spacial score (nSPS) is 21.6. The van der Waals surface area contributed by atoms with Crippen molar-refractivity contribution in [1.29, 1.82) is 0 Å². The van der Waals surface area contributed by atoms with Crippen molar-refractivity contribution in [3.05, 3.63) is 42.1 Å². The number of alkyl halides is 3. The number of carbonyl (C=O) groups excluding carboxylic acids is 2. The largest absolute Gasteiger partial charge is 0.391 e. The van der Waals surface area contributed by atoms with Gasteiger partial charge in [-0.05, 0) is 37.0 Å². The third-order valence-corrected chi connectivity index (χ3v) is 4.10. The van der Waals surface area contributed by atoms with E-state index in [0.29, 0.717) is 5.56 Å². The number of rotatable bonds is 4. The maximum atomic E-state index is 12.8. The molecule has 2 amide bonds. The van der Waals surface area contributed by atoms with Crippen LogP contribution >= 0.6 is 0 Å². The van der Waals surface area contributed by atoms with E-state index >= 15 is 0 Å². The van der Waals surface area contributed by atoms with Gasteiger partial charge in [-0.1, -0.05) is 12.1 Å². The van der Waals surface area contributed by atoms with Crippen LogP contribution in [0.3, 0.4) is 0 Å². The average Bonchev–Trinajstić information content (AvgIpc) is 2.52. The monoisotopic (exact) mass is 345 g/mol. The summed E-state index contributed by atoms with van der Waals surface area (Å²) in [6.45, 7) is -0.184. The van der Waals surface area contributed by atoms with Gasteiger partial charge in [-0.25, -0.2) is 4.39 Å². The number of hydrogen-bond donors (Lipinski definition) is 1. The molecule has 1 aromatic carbocycles. The number of nitrogens with zero attached hydrogens (tertiary/aromatic N) is 1. The van der Waals surface area contributed by atoms with Crippen molar-refractivity contribution in [2.24, 2.45) is 11.7 Å². The summed E-state index contributed by atoms with van der Waals surface area (Å²) in [5, 5.41) is 0. The number of hydrogen-bond acceptors (Lipinski definition) is 2. The highest BCUT2D eigenvalue weighted by molar-refractivity contribution is 5.91. The highest BCUT2D eigenvalue weighted by Gasteiger charge is 2.46. The van der Waals surface area contributed by atoms with Crippen molar-refractivity contribution >= 4 is 11.8 Å². The number of nitrogens with two attached hydrogens (primary N) is 1. The van der Waals surface area contributed by atoms with Crippen LogP contribution in [0.2, 0.25) is 0 Å². The molecule has 0 aliphatic carbocycles. The molecule has 131 valence electrons. The van der Waals surface area contributed by atoms with Crippen LogP contribution in [0, 0.1) is 18.2 Å². The van der Waals surface area contributed by atoms with E-state index in [1.54, 1.807) is 0 Å². The van der Waals surface area contributed by atoms with E-state index < -0.39 is 42.2 Å². The number of primary amides is 1. The molecule has 2 atom stereocenters. The van der Waals surface area contributed by atoms with E-state index in [4.69, 9.17) is 5.73 Å². The predicted octanol–water partition coefficient (Wildman–Crippen LogP) is 2.23. The molecule has 4 nitrogen and oxygen atoms in total. The van der Waals surface area contributed by atoms with Crippen molar-refractivity contribution < 1.29 is 27.2 Å². The first-order chi connectivity index (χ1) is 11.2. The second-order valence-corrected chi connectivity index (χ2v) is 5.75. The summed E-state index contributed by atoms with van der Waals surface area (Å²) in [6, 6.07) is 4.21. The zero-order chi connectivity index (χ0) is 17.9. The van der Waals surface area contributed by atoms with Crippen LogP contribution in [-0.2, 0) is 16.0 Å². The smallest absolute Gasteiger partial charge is 0.368 e. The molecule has 1 radical (unpaired) electrons. The zero-order valence-electron chi connectivity index (χ0n) is 12.7. The SMILES string of the molecule is NC(=O)C1CC(C(F)(F)F)CCN1C(=O)[CH]Cc1ccc(F)cc1. The maximum absolute atomic E-state index is 12.8. The van der Waals surface area contributed by atoms with Crippen LogP contribution in [0.25, 0.3) is 0 Å². The lowest BCUT2D eigenvalue weighted by Crippen LogP contribution is -2.54. The first-order valence-corrected chi connectivity index (χ1v) is 7.42. The Morgan fingerprint density at radius 3 is 2.42 bits per heavy atom. The Morgan fingerprint density at radius 1 is 1.25 bits per heavy atom. The summed E-state index contributed by atoms with van der Waals surface area (Å²) >= 11 is 0. The molecule has 1 aromatic rings. The van der Waals surface area contributed by atoms with Crippen LogP contribution < -0.4 is 5.73 Å². The fourth-order valence-electron chi connectivity index (χ4n) is 2.74. The number of likely N-dealkylation sites (tertiary alicyclic amines) is 1. The van der Waals surface area contributed by atoms with Crippen molar-refractivity contribution in [3.8, 4) is 0 Å². The number of benzene rings is 1. The molecule has 2 unspecified atom stereocenters. The van der Waals surface area contributed by atoms with Gasteiger partial charge in [-0.2, -0.15) is 13.2 Å². The van der Waals surface area contributed by atoms with Crippen LogP contribution in [0.1, 0.15) is 18.4 Å². The number of carbonyl (C=O) groups is 2. The minimum absolute atomic E-state index is 0.184. The summed E-state index contributed by atoms with van der Waals surface area (Å²) in [5.41, 5.74) is 5.84. The lowest BCUT2D eigenvalue weighted by molar-refractivity contribution is -0.191. The van der Waals surface area contributed by atoms with Gasteiger partial charge in [-0.3, -0.25) is 9.59 Å². The Balaban J connectivity index is 1.99. The quantitative estimate of drug-likeness (QED) is 0.851. The van der Waals surface area contributed by atoms with Gasteiger partial charge in [-0.15, -0.1) is 0 Å². The van der Waals surface area contributed by atoms with Crippen LogP contribution in [0.15, 0.2) is 24.3 Å². The molecule has 2 rings (SSSR count). The molecule has 8 heteroatoms. The fourth-order valence-corrected chi connectivity index (χ4v) is 2.74. The summed E-state index contributed by atoms with van der Waals surface area (Å²) in [5.74, 6) is -3.56. The highest BCUT2D eigenvalue weighted by Crippen LogP contribution is 2.36. The maximum Gasteiger partial charge on any atom is 0.391 e. The Hall–Kier alpha value is -2.12. The van der Waals surface area contributed by atoms with E-state index in [1.165, 1.54) is 30.7 Å². The Labute approximate surface area is 136 Å². The fraction of sp³-hybridized carbons (Fsp3) is 0.438. The Kier molecular flexibility index (Phi) is 5.46. The molecule has 2 N–H and O–H groups in total. The molecule has 1 aliphatic rings. The van der Waals surface area contributed by atoms with Gasteiger partial charge < -0.3 is 10.6 Å². The van der Waals surface area contributed by atoms with Gasteiger partial charge in [0.25, 0.3) is 0 Å². The van der Waals surface area contributed by atoms with Crippen LogP contribution in [0.5, 0.6) is 0 Å². The summed E-state index contributed by atoms with van der Waals surface area (Å²) in [7, 11) is 0. The topological polar surface area (TPSA) is 63.4 Å². The molecule has 0 saturated carbocycles. The third-order valence-electron chi connectivity index (χ3n) is 4.10. The van der Waals surface area contributed by atoms with Gasteiger partial charge in [0, 0.05) is 6.54 Å². The van der Waals surface area contributed by atoms with Crippen molar-refractivity contribution in [2.45, 2.75) is 31.5 Å². The second-order valence-electron chi connectivity index (χ2n) is 5.75. The molecule has 1 aliphatic heterocycles. The van der Waals surface area contributed by atoms with Gasteiger partial charge >= 0.3 is 6.18 Å². The molecule has 1 heterocycles. The van der Waals surface area contributed by atoms with Gasteiger partial charge in [0.2, 0.25) is 11.8 Å². The number of piperidine rings is 1. The lowest BCUT2D eigenvalue weighted by Gasteiger charge is -2.38. The van der Waals surface area contributed by atoms with Crippen LogP contribution in [-0.4, -0.2) is 35.5 Å². The van der Waals surface area contributed by atoms with E-state index in [-0.39, 0.29) is 19.4 Å². The highest BCUT2D eigenvalue weighted by atomic mass is 19.4. The Bertz CT molecular complexity index is 601. The van der Waals surface area contributed by atoms with E-state index in [9.17, 15) is 27.2 Å². The minimum atomic E-state index is -4.42. The average molecular weight is 345 g/mol. The van der Waals surface area contributed by atoms with Gasteiger partial charge in [0.05, 0.1) is 12.3 Å². The van der Waals surface area contributed by atoms with Crippen LogP contribution in [0.4, 0.5) is 17.6 Å². The molecular weight excluding hydrogens is 328 g/mol. The predicted molar refractivity (Wildman–Crippen MR) is 77.9 cm³/mol. The van der Waals surface area contributed by atoms with E-state index in [2.05, 4.69) is 0 Å². The Morgan fingerprint density at radius 2 is 1.88 bits per heavy atom. The molecule has 0 spiro atoms. The summed E-state index contributed by atoms with van der Waals surface area (Å²) < 4.78 is 51.3. The number of amides is 2. The first-order valence-electron chi connectivity index (χ1n) is 7.42. The van der Waals surface area contributed by atoms with Crippen molar-refractivity contribution in [1.82, 2.24) is 4.90 Å². The molecule has 0 bridgehead atoms. The molecule has 1 fully saturated rings. The number of halogens is 4. The minimum Gasteiger partial charge on any atom is -0.368 e. The van der Waals surface area contributed by atoms with Gasteiger partial charge in [0.15, 0.2) is 0 Å². The summed E-state index contributed by atoms with van der Waals surface area (Å²) in [6.07, 6.45) is -3.75. The molecule has 1 saturated heterocycles. The lowest BCUT2D eigenvalue weighted by atomic mass is 9.89. The van der Waals surface area contributed by atoms with Crippen molar-refractivity contribution in [3.63, 3.8) is 0 Å². The first kappa shape index (κ1) is 18.2. The third kappa shape index (κ3) is 4.46. The molecule has 24 heavy (non-hydrogen) atoms. The molecular formula is C16H17F4N2O2. The summed E-state index contributed by atoms with van der Waals surface area (Å²) in [4.78, 5) is 24.8. The second kappa shape index (κ2) is 7.19. The van der Waals surface area contributed by atoms with Gasteiger partial charge in [0.1, 0.15) is 11.9 Å². The van der Waals surface area contributed by atoms with Crippen molar-refractivity contribution in [2.75, 3.05) is 6.54 Å². The standard InChI is InChI=1S/C16H17F4N2O2/c17-12-4-1-10(2-5-12)3-6-14(23)22-8-7-11(16(18,19)20)9-13(22)15(21)24/h1-2,4-6,11,13H,3,7-9H2,(H2,21,24). The van der Waals surface area contributed by atoms with E-state index in [0.717, 1.165) is 4.90 Å². The zero-order valence-corrected chi connectivity index (χ0v) is 12.7. The van der Waals surface area contributed by atoms with E-state index in [1.807, 2.05) is 0 Å².